The maximum Gasteiger partial charge on any atom is 0.138 e. The van der Waals surface area contributed by atoms with Crippen LogP contribution in [0.1, 0.15) is 32.5 Å². The Hall–Kier alpha value is -0.900. The molecule has 1 fully saturated rings. The molecule has 0 unspecified atom stereocenters. The zero-order valence-electron chi connectivity index (χ0n) is 9.48. The second-order valence-electron chi connectivity index (χ2n) is 5.09. The monoisotopic (exact) mass is 209 g/mol. The van der Waals surface area contributed by atoms with Gasteiger partial charge in [0.15, 0.2) is 0 Å². The summed E-state index contributed by atoms with van der Waals surface area (Å²) in [5, 5.41) is 13.5. The fraction of sp³-hybridized carbons (Fsp3) is 0.818. The zero-order valence-corrected chi connectivity index (χ0v) is 9.48. The van der Waals surface area contributed by atoms with E-state index >= 15 is 0 Å². The summed E-state index contributed by atoms with van der Waals surface area (Å²) in [6, 6.07) is 0. The lowest BCUT2D eigenvalue weighted by atomic mass is 10.0. The number of hydrogen-bond donors (Lipinski definition) is 1. The molecule has 84 valence electrons. The van der Waals surface area contributed by atoms with Gasteiger partial charge in [0, 0.05) is 25.0 Å². The summed E-state index contributed by atoms with van der Waals surface area (Å²) in [6.45, 7) is 5.53. The van der Waals surface area contributed by atoms with Crippen LogP contribution in [0.4, 0.5) is 0 Å². The third-order valence-electron chi connectivity index (χ3n) is 3.06. The number of hydrogen-bond acceptors (Lipinski definition) is 3. The van der Waals surface area contributed by atoms with E-state index in [9.17, 15) is 5.11 Å². The molecule has 1 aromatic heterocycles. The van der Waals surface area contributed by atoms with Gasteiger partial charge in [-0.2, -0.15) is 5.10 Å². The van der Waals surface area contributed by atoms with Crippen molar-refractivity contribution in [2.45, 2.75) is 39.7 Å². The Labute approximate surface area is 90.3 Å². The number of nitrogens with zero attached hydrogens (tertiary/aromatic N) is 3. The van der Waals surface area contributed by atoms with Crippen LogP contribution in [0.15, 0.2) is 6.33 Å². The van der Waals surface area contributed by atoms with Crippen molar-refractivity contribution in [1.29, 1.82) is 0 Å². The van der Waals surface area contributed by atoms with Crippen molar-refractivity contribution in [3.05, 3.63) is 12.2 Å². The second-order valence-corrected chi connectivity index (χ2v) is 5.09. The van der Waals surface area contributed by atoms with Gasteiger partial charge in [-0.3, -0.25) is 0 Å². The average molecular weight is 209 g/mol. The summed E-state index contributed by atoms with van der Waals surface area (Å²) in [7, 11) is 0. The van der Waals surface area contributed by atoms with Gasteiger partial charge in [-0.15, -0.1) is 0 Å². The molecule has 0 radical (unpaired) electrons. The predicted molar refractivity (Wildman–Crippen MR) is 57.3 cm³/mol. The lowest BCUT2D eigenvalue weighted by Gasteiger charge is -2.13. The van der Waals surface area contributed by atoms with Crippen LogP contribution < -0.4 is 0 Å². The van der Waals surface area contributed by atoms with Crippen LogP contribution in [0.5, 0.6) is 0 Å². The quantitative estimate of drug-likeness (QED) is 0.794. The summed E-state index contributed by atoms with van der Waals surface area (Å²) >= 11 is 0. The molecule has 0 amide bonds. The van der Waals surface area contributed by atoms with Crippen molar-refractivity contribution < 1.29 is 5.11 Å². The van der Waals surface area contributed by atoms with E-state index in [2.05, 4.69) is 23.9 Å². The van der Waals surface area contributed by atoms with E-state index in [4.69, 9.17) is 0 Å². The van der Waals surface area contributed by atoms with E-state index in [-0.39, 0.29) is 12.0 Å². The van der Waals surface area contributed by atoms with Gasteiger partial charge in [0.05, 0.1) is 0 Å². The van der Waals surface area contributed by atoms with Crippen molar-refractivity contribution in [2.24, 2.45) is 11.3 Å². The lowest BCUT2D eigenvalue weighted by molar-refractivity contribution is 0.207. The standard InChI is InChI=1S/C11H19N3O/c1-9(2)6-14-10(12-8-13-14)5-11(7-15)3-4-11/h8-9,15H,3-7H2,1-2H3. The van der Waals surface area contributed by atoms with Crippen molar-refractivity contribution in [3.8, 4) is 0 Å². The fourth-order valence-corrected chi connectivity index (χ4v) is 1.83. The summed E-state index contributed by atoms with van der Waals surface area (Å²) in [5.74, 6) is 1.60. The first-order valence-corrected chi connectivity index (χ1v) is 5.63. The van der Waals surface area contributed by atoms with E-state index in [1.165, 1.54) is 0 Å². The van der Waals surface area contributed by atoms with Crippen LogP contribution in [0.25, 0.3) is 0 Å². The highest BCUT2D eigenvalue weighted by molar-refractivity contribution is 5.01. The van der Waals surface area contributed by atoms with Gasteiger partial charge in [0.1, 0.15) is 12.2 Å². The number of aliphatic hydroxyl groups excluding tert-OH is 1. The molecule has 0 spiro atoms. The minimum absolute atomic E-state index is 0.127. The molecule has 1 heterocycles. The first-order chi connectivity index (χ1) is 7.15. The first kappa shape index (κ1) is 10.6. The molecule has 0 saturated heterocycles. The van der Waals surface area contributed by atoms with Crippen molar-refractivity contribution in [1.82, 2.24) is 14.8 Å². The Morgan fingerprint density at radius 1 is 1.53 bits per heavy atom. The van der Waals surface area contributed by atoms with Crippen LogP contribution >= 0.6 is 0 Å². The smallest absolute Gasteiger partial charge is 0.138 e. The summed E-state index contributed by atoms with van der Waals surface area (Å²) in [4.78, 5) is 4.28. The Balaban J connectivity index is 2.05. The highest BCUT2D eigenvalue weighted by atomic mass is 16.3. The molecule has 2 rings (SSSR count). The van der Waals surface area contributed by atoms with E-state index in [0.29, 0.717) is 5.92 Å². The van der Waals surface area contributed by atoms with Crippen LogP contribution in [-0.4, -0.2) is 26.5 Å². The first-order valence-electron chi connectivity index (χ1n) is 5.63. The molecule has 0 aromatic carbocycles. The molecule has 0 aliphatic heterocycles. The molecule has 1 N–H and O–H groups in total. The molecular weight excluding hydrogens is 190 g/mol. The number of aliphatic hydroxyl groups is 1. The third kappa shape index (κ3) is 2.37. The number of rotatable bonds is 5. The van der Waals surface area contributed by atoms with Crippen molar-refractivity contribution >= 4 is 0 Å². The van der Waals surface area contributed by atoms with E-state index in [0.717, 1.165) is 31.6 Å². The van der Waals surface area contributed by atoms with Crippen molar-refractivity contribution in [2.75, 3.05) is 6.61 Å². The molecule has 1 aliphatic rings. The Morgan fingerprint density at radius 2 is 2.27 bits per heavy atom. The SMILES string of the molecule is CC(C)Cn1ncnc1CC1(CO)CC1. The molecule has 0 atom stereocenters. The molecule has 4 nitrogen and oxygen atoms in total. The Kier molecular flexibility index (Phi) is 2.78. The predicted octanol–water partition coefficient (Wildman–Crippen LogP) is 1.25. The molecular formula is C11H19N3O. The molecule has 1 aliphatic carbocycles. The van der Waals surface area contributed by atoms with Crippen molar-refractivity contribution in [3.63, 3.8) is 0 Å². The van der Waals surface area contributed by atoms with E-state index in [1.54, 1.807) is 6.33 Å². The topological polar surface area (TPSA) is 50.9 Å². The average Bonchev–Trinajstić information content (AvgIpc) is 2.84. The van der Waals surface area contributed by atoms with Crippen LogP contribution in [-0.2, 0) is 13.0 Å². The zero-order chi connectivity index (χ0) is 10.9. The minimum atomic E-state index is 0.127. The van der Waals surface area contributed by atoms with Gasteiger partial charge in [-0.25, -0.2) is 9.67 Å². The van der Waals surface area contributed by atoms with Crippen LogP contribution in [0.2, 0.25) is 0 Å². The highest BCUT2D eigenvalue weighted by Gasteiger charge is 2.43. The molecule has 1 saturated carbocycles. The van der Waals surface area contributed by atoms with Crippen LogP contribution in [0, 0.1) is 11.3 Å². The van der Waals surface area contributed by atoms with E-state index < -0.39 is 0 Å². The molecule has 0 bridgehead atoms. The number of aromatic nitrogens is 3. The normalized spacial score (nSPS) is 18.4. The van der Waals surface area contributed by atoms with E-state index in [1.807, 2.05) is 4.68 Å². The fourth-order valence-electron chi connectivity index (χ4n) is 1.83. The van der Waals surface area contributed by atoms with Gasteiger partial charge >= 0.3 is 0 Å². The summed E-state index contributed by atoms with van der Waals surface area (Å²) in [5.41, 5.74) is 0.127. The lowest BCUT2D eigenvalue weighted by Crippen LogP contribution is -2.17. The molecule has 4 heteroatoms. The second kappa shape index (κ2) is 3.93. The molecule has 15 heavy (non-hydrogen) atoms. The molecule has 1 aromatic rings. The maximum atomic E-state index is 9.27. The minimum Gasteiger partial charge on any atom is -0.396 e. The Bertz CT molecular complexity index is 328. The van der Waals surface area contributed by atoms with Gasteiger partial charge in [0.2, 0.25) is 0 Å². The highest BCUT2D eigenvalue weighted by Crippen LogP contribution is 2.47. The van der Waals surface area contributed by atoms with Gasteiger partial charge in [-0.05, 0) is 18.8 Å². The Morgan fingerprint density at radius 3 is 2.80 bits per heavy atom. The van der Waals surface area contributed by atoms with Gasteiger partial charge in [-0.1, -0.05) is 13.8 Å². The van der Waals surface area contributed by atoms with Crippen LogP contribution in [0.3, 0.4) is 0 Å². The van der Waals surface area contributed by atoms with Gasteiger partial charge < -0.3 is 5.11 Å². The maximum absolute atomic E-state index is 9.27. The van der Waals surface area contributed by atoms with Gasteiger partial charge in [0.25, 0.3) is 0 Å². The summed E-state index contributed by atoms with van der Waals surface area (Å²) < 4.78 is 1.97. The summed E-state index contributed by atoms with van der Waals surface area (Å²) in [6.07, 6.45) is 4.73. The largest absolute Gasteiger partial charge is 0.396 e. The third-order valence-corrected chi connectivity index (χ3v) is 3.06.